The van der Waals surface area contributed by atoms with E-state index in [1.807, 2.05) is 36.4 Å². The molecule has 0 amide bonds. The van der Waals surface area contributed by atoms with Crippen molar-refractivity contribution in [3.05, 3.63) is 108 Å². The number of hydrogen-bond donors (Lipinski definition) is 0. The fraction of sp³-hybridized carbons (Fsp3) is 0.167. The molecule has 3 aliphatic rings. The maximum absolute atomic E-state index is 14.1. The van der Waals surface area contributed by atoms with Gasteiger partial charge >= 0.3 is 5.97 Å². The largest absolute Gasteiger partial charge is 0.463 e. The number of nitrogens with zero attached hydrogens (tertiary/aromatic N) is 2. The van der Waals surface area contributed by atoms with Crippen LogP contribution in [0.4, 0.5) is 0 Å². The molecule has 3 aromatic carbocycles. The van der Waals surface area contributed by atoms with E-state index in [1.54, 1.807) is 37.3 Å². The second-order valence-corrected chi connectivity index (χ2v) is 10.7. The Morgan fingerprint density at radius 1 is 1.02 bits per heavy atom. The Morgan fingerprint density at radius 2 is 1.73 bits per heavy atom. The standard InChI is InChI=1S/C30H21ClN2O7S/c1-2-36-29(35)25-26(16-6-4-3-5-7-16)32-30-33(27(25)17-8-9-20-21(10-17)38-14-37-20)28(34)24(41-30)12-18-11-22-23(13-19(18)31)40-15-39-22/h3-13,27H,2,14-15H2,1H3/b24-12-/t27-/m1/s1. The Balaban J connectivity index is 1.49. The molecular weight excluding hydrogens is 568 g/mol. The molecule has 0 saturated carbocycles. The van der Waals surface area contributed by atoms with E-state index >= 15 is 0 Å². The van der Waals surface area contributed by atoms with Gasteiger partial charge in [0.05, 0.1) is 33.5 Å². The van der Waals surface area contributed by atoms with E-state index in [0.29, 0.717) is 54.2 Å². The molecule has 0 radical (unpaired) electrons. The van der Waals surface area contributed by atoms with E-state index in [9.17, 15) is 9.59 Å². The summed E-state index contributed by atoms with van der Waals surface area (Å²) < 4.78 is 29.5. The summed E-state index contributed by atoms with van der Waals surface area (Å²) in [5.74, 6) is 1.64. The van der Waals surface area contributed by atoms with Crippen LogP contribution in [0.5, 0.6) is 23.0 Å². The third kappa shape index (κ3) is 4.36. The summed E-state index contributed by atoms with van der Waals surface area (Å²) in [5, 5.41) is 0.407. The molecule has 0 aliphatic carbocycles. The van der Waals surface area contributed by atoms with E-state index in [4.69, 9.17) is 40.3 Å². The van der Waals surface area contributed by atoms with Gasteiger partial charge in [-0.2, -0.15) is 0 Å². The van der Waals surface area contributed by atoms with Crippen LogP contribution in [0.3, 0.4) is 0 Å². The first-order valence-electron chi connectivity index (χ1n) is 12.8. The molecule has 0 fully saturated rings. The molecule has 1 atom stereocenters. The zero-order chi connectivity index (χ0) is 28.1. The maximum Gasteiger partial charge on any atom is 0.338 e. The topological polar surface area (TPSA) is 97.6 Å². The molecule has 7 rings (SSSR count). The number of rotatable bonds is 5. The Kier molecular flexibility index (Phi) is 6.29. The van der Waals surface area contributed by atoms with Crippen molar-refractivity contribution in [2.45, 2.75) is 13.0 Å². The van der Waals surface area contributed by atoms with Crippen LogP contribution < -0.4 is 33.8 Å². The number of halogens is 1. The summed E-state index contributed by atoms with van der Waals surface area (Å²) in [4.78, 5) is 33.0. The Labute approximate surface area is 242 Å². The van der Waals surface area contributed by atoms with Crippen molar-refractivity contribution >= 4 is 40.7 Å². The van der Waals surface area contributed by atoms with E-state index in [1.165, 1.54) is 15.9 Å². The van der Waals surface area contributed by atoms with Crippen molar-refractivity contribution < 1.29 is 28.5 Å². The van der Waals surface area contributed by atoms with Gasteiger partial charge in [0.1, 0.15) is 0 Å². The molecule has 41 heavy (non-hydrogen) atoms. The summed E-state index contributed by atoms with van der Waals surface area (Å²) in [7, 11) is 0. The van der Waals surface area contributed by atoms with Gasteiger partial charge in [0.25, 0.3) is 5.56 Å². The van der Waals surface area contributed by atoms with Crippen molar-refractivity contribution in [2.24, 2.45) is 4.99 Å². The van der Waals surface area contributed by atoms with Crippen LogP contribution in [0.15, 0.2) is 76.0 Å². The van der Waals surface area contributed by atoms with Crippen molar-refractivity contribution in [1.82, 2.24) is 4.57 Å². The Bertz CT molecular complexity index is 1930. The normalized spacial score (nSPS) is 16.9. The summed E-state index contributed by atoms with van der Waals surface area (Å²) in [6.07, 6.45) is 1.70. The van der Waals surface area contributed by atoms with Gasteiger partial charge in [-0.3, -0.25) is 9.36 Å². The number of fused-ring (bicyclic) bond motifs is 3. The summed E-state index contributed by atoms with van der Waals surface area (Å²) in [5.41, 5.74) is 2.30. The van der Waals surface area contributed by atoms with Crippen LogP contribution in [0.2, 0.25) is 5.02 Å². The minimum Gasteiger partial charge on any atom is -0.463 e. The number of esters is 1. The van der Waals surface area contributed by atoms with Crippen LogP contribution >= 0.6 is 22.9 Å². The van der Waals surface area contributed by atoms with Gasteiger partial charge in [-0.1, -0.05) is 59.3 Å². The van der Waals surface area contributed by atoms with Crippen LogP contribution in [0.1, 0.15) is 29.7 Å². The Hall–Kier alpha value is -4.54. The molecule has 0 N–H and O–H groups in total. The predicted molar refractivity (Wildman–Crippen MR) is 151 cm³/mol. The fourth-order valence-electron chi connectivity index (χ4n) is 5.02. The highest BCUT2D eigenvalue weighted by Crippen LogP contribution is 2.40. The monoisotopic (exact) mass is 588 g/mol. The Morgan fingerprint density at radius 3 is 2.49 bits per heavy atom. The van der Waals surface area contributed by atoms with Crippen LogP contribution in [-0.4, -0.2) is 30.7 Å². The number of benzene rings is 3. The van der Waals surface area contributed by atoms with Gasteiger partial charge in [0, 0.05) is 11.6 Å². The first kappa shape index (κ1) is 25.4. The van der Waals surface area contributed by atoms with E-state index in [0.717, 1.165) is 5.56 Å². The quantitative estimate of drug-likeness (QED) is 0.325. The van der Waals surface area contributed by atoms with Gasteiger partial charge < -0.3 is 23.7 Å². The third-order valence-corrected chi connectivity index (χ3v) is 8.17. The lowest BCUT2D eigenvalue weighted by atomic mass is 9.93. The number of ether oxygens (including phenoxy) is 5. The van der Waals surface area contributed by atoms with Crippen molar-refractivity contribution in [3.63, 3.8) is 0 Å². The molecule has 0 bridgehead atoms. The first-order chi connectivity index (χ1) is 20.0. The molecule has 4 aromatic rings. The van der Waals surface area contributed by atoms with Gasteiger partial charge in [0.15, 0.2) is 27.8 Å². The number of aromatic nitrogens is 1. The van der Waals surface area contributed by atoms with Crippen LogP contribution in [-0.2, 0) is 9.53 Å². The van der Waals surface area contributed by atoms with E-state index in [-0.39, 0.29) is 31.3 Å². The van der Waals surface area contributed by atoms with Crippen molar-refractivity contribution in [3.8, 4) is 23.0 Å². The highest BCUT2D eigenvalue weighted by molar-refractivity contribution is 7.07. The van der Waals surface area contributed by atoms with Crippen LogP contribution in [0, 0.1) is 0 Å². The average Bonchev–Trinajstić information content (AvgIpc) is 3.71. The van der Waals surface area contributed by atoms with Gasteiger partial charge in [-0.05, 0) is 42.3 Å². The summed E-state index contributed by atoms with van der Waals surface area (Å²) in [6.45, 7) is 2.09. The molecule has 1 aromatic heterocycles. The van der Waals surface area contributed by atoms with Crippen LogP contribution in [0.25, 0.3) is 11.8 Å². The molecule has 4 heterocycles. The van der Waals surface area contributed by atoms with E-state index in [2.05, 4.69) is 0 Å². The van der Waals surface area contributed by atoms with Gasteiger partial charge in [0.2, 0.25) is 13.6 Å². The van der Waals surface area contributed by atoms with Gasteiger partial charge in [-0.15, -0.1) is 0 Å². The highest BCUT2D eigenvalue weighted by atomic mass is 35.5. The number of hydrogen-bond acceptors (Lipinski definition) is 9. The molecule has 0 saturated heterocycles. The lowest BCUT2D eigenvalue weighted by molar-refractivity contribution is -0.138. The smallest absolute Gasteiger partial charge is 0.338 e. The fourth-order valence-corrected chi connectivity index (χ4v) is 6.22. The third-order valence-electron chi connectivity index (χ3n) is 6.86. The number of carbonyl (C=O) groups excluding carboxylic acids is 1. The zero-order valence-corrected chi connectivity index (χ0v) is 23.2. The predicted octanol–water partition coefficient (Wildman–Crippen LogP) is 4.05. The first-order valence-corrected chi connectivity index (χ1v) is 14.0. The summed E-state index contributed by atoms with van der Waals surface area (Å²) in [6, 6.07) is 17.3. The SMILES string of the molecule is CCOC(=O)C1=C(c2ccccc2)N=c2s/c(=C\c3cc4c(cc3Cl)OCO4)c(=O)n2[C@@H]1c1ccc2c(c1)OCO2. The average molecular weight is 589 g/mol. The molecule has 9 nitrogen and oxygen atoms in total. The lowest BCUT2D eigenvalue weighted by Gasteiger charge is -2.26. The number of carbonyl (C=O) groups is 1. The minimum absolute atomic E-state index is 0.0909. The van der Waals surface area contributed by atoms with E-state index < -0.39 is 12.0 Å². The molecule has 3 aliphatic heterocycles. The number of thiazole rings is 1. The zero-order valence-electron chi connectivity index (χ0n) is 21.6. The second kappa shape index (κ2) is 10.1. The molecule has 0 spiro atoms. The van der Waals surface area contributed by atoms with Crippen molar-refractivity contribution in [2.75, 3.05) is 20.2 Å². The molecular formula is C30H21ClN2O7S. The molecule has 11 heteroatoms. The molecule has 0 unspecified atom stereocenters. The maximum atomic E-state index is 14.1. The minimum atomic E-state index is -0.843. The van der Waals surface area contributed by atoms with Crippen molar-refractivity contribution in [1.29, 1.82) is 0 Å². The lowest BCUT2D eigenvalue weighted by Crippen LogP contribution is -2.40. The second-order valence-electron chi connectivity index (χ2n) is 9.27. The highest BCUT2D eigenvalue weighted by Gasteiger charge is 2.36. The molecule has 206 valence electrons. The van der Waals surface area contributed by atoms with Gasteiger partial charge in [-0.25, -0.2) is 9.79 Å². The summed E-state index contributed by atoms with van der Waals surface area (Å²) >= 11 is 7.73.